The molecule has 1 atom stereocenters. The maximum atomic E-state index is 6.07. The van der Waals surface area contributed by atoms with Gasteiger partial charge in [-0.2, -0.15) is 0 Å². The molecule has 0 aliphatic carbocycles. The van der Waals surface area contributed by atoms with Gasteiger partial charge in [0.05, 0.1) is 13.2 Å². The molecule has 1 N–H and O–H groups in total. The lowest BCUT2D eigenvalue weighted by Crippen LogP contribution is -2.48. The van der Waals surface area contributed by atoms with E-state index in [0.29, 0.717) is 6.61 Å². The molecule has 162 valence electrons. The van der Waals surface area contributed by atoms with E-state index in [1.165, 1.54) is 29.5 Å². The summed E-state index contributed by atoms with van der Waals surface area (Å²) in [6.45, 7) is 7.46. The Bertz CT molecular complexity index is 853. The van der Waals surface area contributed by atoms with Crippen molar-refractivity contribution >= 4 is 35.8 Å². The minimum absolute atomic E-state index is 0. The molecule has 2 saturated heterocycles. The normalized spacial score (nSPS) is 19.5. The first-order valence-corrected chi connectivity index (χ1v) is 10.6. The maximum Gasteiger partial charge on any atom is 0.194 e. The molecule has 0 bridgehead atoms. The summed E-state index contributed by atoms with van der Waals surface area (Å²) in [4.78, 5) is 13.7. The molecule has 4 rings (SSSR count). The van der Waals surface area contributed by atoms with Crippen molar-refractivity contribution in [2.45, 2.75) is 32.4 Å². The number of hydrogen-bond donors (Lipinski definition) is 1. The van der Waals surface area contributed by atoms with Gasteiger partial charge in [0.1, 0.15) is 11.9 Å². The molecule has 2 aliphatic rings. The number of rotatable bonds is 4. The van der Waals surface area contributed by atoms with Gasteiger partial charge in [-0.1, -0.05) is 24.3 Å². The van der Waals surface area contributed by atoms with Crippen molar-refractivity contribution in [2.24, 2.45) is 4.99 Å². The Morgan fingerprint density at radius 2 is 2.00 bits per heavy atom. The highest BCUT2D eigenvalue weighted by Gasteiger charge is 2.25. The summed E-state index contributed by atoms with van der Waals surface area (Å²) in [6.07, 6.45) is 4.51. The largest absolute Gasteiger partial charge is 0.370 e. The van der Waals surface area contributed by atoms with Crippen LogP contribution < -0.4 is 10.2 Å². The van der Waals surface area contributed by atoms with E-state index in [4.69, 9.17) is 4.74 Å². The second-order valence-electron chi connectivity index (χ2n) is 7.78. The summed E-state index contributed by atoms with van der Waals surface area (Å²) in [5.41, 5.74) is 3.76. The zero-order valence-corrected chi connectivity index (χ0v) is 20.2. The van der Waals surface area contributed by atoms with Crippen LogP contribution in [0.2, 0.25) is 0 Å². The van der Waals surface area contributed by atoms with Gasteiger partial charge in [0.15, 0.2) is 5.96 Å². The minimum Gasteiger partial charge on any atom is -0.370 e. The average Bonchev–Trinajstić information content (AvgIpc) is 3.30. The number of nitrogens with one attached hydrogen (secondary N) is 1. The number of hydrogen-bond acceptors (Lipinski definition) is 4. The number of halogens is 1. The van der Waals surface area contributed by atoms with Gasteiger partial charge in [0.25, 0.3) is 0 Å². The molecule has 2 aliphatic heterocycles. The topological polar surface area (TPSA) is 53.0 Å². The molecule has 30 heavy (non-hydrogen) atoms. The third kappa shape index (κ3) is 5.43. The van der Waals surface area contributed by atoms with Crippen molar-refractivity contribution in [1.82, 2.24) is 15.2 Å². The first-order valence-electron chi connectivity index (χ1n) is 10.6. The van der Waals surface area contributed by atoms with Gasteiger partial charge < -0.3 is 19.9 Å². The first-order chi connectivity index (χ1) is 14.2. The Balaban J connectivity index is 0.00000256. The van der Waals surface area contributed by atoms with Crippen LogP contribution in [-0.4, -0.2) is 55.7 Å². The number of aromatic nitrogens is 1. The Morgan fingerprint density at radius 3 is 2.77 bits per heavy atom. The van der Waals surface area contributed by atoms with Gasteiger partial charge in [0.2, 0.25) is 0 Å². The van der Waals surface area contributed by atoms with Crippen molar-refractivity contribution in [3.05, 3.63) is 59.3 Å². The van der Waals surface area contributed by atoms with Crippen molar-refractivity contribution in [1.29, 1.82) is 0 Å². The lowest BCUT2D eigenvalue weighted by Gasteiger charge is -2.35. The van der Waals surface area contributed by atoms with Gasteiger partial charge in [-0.15, -0.1) is 24.0 Å². The molecule has 2 fully saturated rings. The van der Waals surface area contributed by atoms with E-state index in [1.54, 1.807) is 0 Å². The van der Waals surface area contributed by atoms with E-state index < -0.39 is 0 Å². The first kappa shape index (κ1) is 22.8. The number of benzene rings is 1. The van der Waals surface area contributed by atoms with Crippen LogP contribution in [0.4, 0.5) is 5.82 Å². The number of aliphatic imine (C=N–C) groups is 1. The molecule has 0 saturated carbocycles. The molecular weight excluding hydrogens is 489 g/mol. The van der Waals surface area contributed by atoms with Crippen molar-refractivity contribution in [3.63, 3.8) is 0 Å². The van der Waals surface area contributed by atoms with Gasteiger partial charge in [-0.3, -0.25) is 4.99 Å². The van der Waals surface area contributed by atoms with Crippen LogP contribution in [0.3, 0.4) is 0 Å². The molecule has 2 aromatic rings. The Labute approximate surface area is 196 Å². The second kappa shape index (κ2) is 10.9. The molecule has 3 heterocycles. The summed E-state index contributed by atoms with van der Waals surface area (Å²) < 4.78 is 6.07. The summed E-state index contributed by atoms with van der Waals surface area (Å²) in [7, 11) is 1.85. The second-order valence-corrected chi connectivity index (χ2v) is 7.78. The molecule has 6 nitrogen and oxygen atoms in total. The molecule has 0 amide bonds. The monoisotopic (exact) mass is 521 g/mol. The predicted octanol–water partition coefficient (Wildman–Crippen LogP) is 3.76. The molecule has 0 radical (unpaired) electrons. The van der Waals surface area contributed by atoms with Crippen LogP contribution in [0.25, 0.3) is 0 Å². The summed E-state index contributed by atoms with van der Waals surface area (Å²) in [6, 6.07) is 12.7. The lowest BCUT2D eigenvalue weighted by atomic mass is 10.0. The number of morpholine rings is 1. The van der Waals surface area contributed by atoms with E-state index in [1.807, 2.05) is 13.2 Å². The van der Waals surface area contributed by atoms with Gasteiger partial charge in [0, 0.05) is 39.4 Å². The summed E-state index contributed by atoms with van der Waals surface area (Å²) in [5.74, 6) is 2.01. The zero-order chi connectivity index (χ0) is 20.1. The quantitative estimate of drug-likeness (QED) is 0.378. The molecular formula is C23H32IN5O. The van der Waals surface area contributed by atoms with E-state index in [2.05, 4.69) is 68.4 Å². The highest BCUT2D eigenvalue weighted by atomic mass is 127. The number of anilines is 1. The standard InChI is InChI=1S/C23H31N5O.HI/c1-18-7-3-4-8-20(18)21-17-28(13-14-29-21)23(24-2)26-16-19-9-10-25-22(15-19)27-11-5-6-12-27;/h3-4,7-10,15,21H,5-6,11-14,16-17H2,1-2H3,(H,24,26);1H. The maximum absolute atomic E-state index is 6.07. The van der Waals surface area contributed by atoms with E-state index >= 15 is 0 Å². The van der Waals surface area contributed by atoms with Crippen molar-refractivity contribution < 1.29 is 4.74 Å². The fourth-order valence-corrected chi connectivity index (χ4v) is 4.18. The van der Waals surface area contributed by atoms with E-state index in [-0.39, 0.29) is 30.1 Å². The highest BCUT2D eigenvalue weighted by molar-refractivity contribution is 14.0. The van der Waals surface area contributed by atoms with Gasteiger partial charge in [-0.05, 0) is 48.6 Å². The highest BCUT2D eigenvalue weighted by Crippen LogP contribution is 2.25. The van der Waals surface area contributed by atoms with Crippen molar-refractivity contribution in [3.8, 4) is 0 Å². The molecule has 1 aromatic heterocycles. The fraction of sp³-hybridized carbons (Fsp3) is 0.478. The average molecular weight is 521 g/mol. The number of ether oxygens (including phenoxy) is 1. The Morgan fingerprint density at radius 1 is 1.20 bits per heavy atom. The van der Waals surface area contributed by atoms with Gasteiger partial charge >= 0.3 is 0 Å². The van der Waals surface area contributed by atoms with Crippen LogP contribution in [0.1, 0.15) is 35.6 Å². The third-order valence-corrected chi connectivity index (χ3v) is 5.80. The van der Waals surface area contributed by atoms with Crippen molar-refractivity contribution in [2.75, 3.05) is 44.7 Å². The van der Waals surface area contributed by atoms with Crippen LogP contribution >= 0.6 is 24.0 Å². The molecule has 1 aromatic carbocycles. The van der Waals surface area contributed by atoms with Crippen LogP contribution in [0, 0.1) is 6.92 Å². The number of nitrogens with zero attached hydrogens (tertiary/aromatic N) is 4. The van der Waals surface area contributed by atoms with Crippen LogP contribution in [0.5, 0.6) is 0 Å². The summed E-state index contributed by atoms with van der Waals surface area (Å²) in [5, 5.41) is 3.53. The lowest BCUT2D eigenvalue weighted by molar-refractivity contribution is -0.00833. The summed E-state index contributed by atoms with van der Waals surface area (Å²) >= 11 is 0. The van der Waals surface area contributed by atoms with E-state index in [0.717, 1.165) is 44.5 Å². The molecule has 0 spiro atoms. The SMILES string of the molecule is CN=C(NCc1ccnc(N2CCCC2)c1)N1CCOC(c2ccccc2C)C1.I. The fourth-order valence-electron chi connectivity index (χ4n) is 4.18. The van der Waals surface area contributed by atoms with E-state index in [9.17, 15) is 0 Å². The van der Waals surface area contributed by atoms with Crippen LogP contribution in [0.15, 0.2) is 47.6 Å². The Hall–Kier alpha value is -1.87. The van der Waals surface area contributed by atoms with Gasteiger partial charge in [-0.25, -0.2) is 4.98 Å². The number of pyridine rings is 1. The smallest absolute Gasteiger partial charge is 0.194 e. The molecule has 1 unspecified atom stereocenters. The zero-order valence-electron chi connectivity index (χ0n) is 17.9. The minimum atomic E-state index is 0. The predicted molar refractivity (Wildman–Crippen MR) is 133 cm³/mol. The molecule has 7 heteroatoms. The third-order valence-electron chi connectivity index (χ3n) is 5.80. The van der Waals surface area contributed by atoms with Crippen LogP contribution in [-0.2, 0) is 11.3 Å². The number of guanidine groups is 1. The number of aryl methyl sites for hydroxylation is 1. The Kier molecular flexibility index (Phi) is 8.32.